The Kier molecular flexibility index (Phi) is 5.30. The van der Waals surface area contributed by atoms with Gasteiger partial charge in [0.25, 0.3) is 0 Å². The maximum absolute atomic E-state index is 3.66. The molecule has 2 saturated carbocycles. The molecule has 0 heterocycles. The van der Waals surface area contributed by atoms with Crippen molar-refractivity contribution in [2.45, 2.75) is 58.4 Å². The summed E-state index contributed by atoms with van der Waals surface area (Å²) in [5.74, 6) is 2.09. The van der Waals surface area contributed by atoms with Crippen molar-refractivity contribution in [1.82, 2.24) is 10.2 Å². The number of nitrogens with one attached hydrogen (secondary N) is 1. The Morgan fingerprint density at radius 1 is 1.12 bits per heavy atom. The van der Waals surface area contributed by atoms with E-state index in [1.807, 2.05) is 0 Å². The fourth-order valence-electron chi connectivity index (χ4n) is 2.59. The second kappa shape index (κ2) is 6.75. The van der Waals surface area contributed by atoms with Crippen LogP contribution >= 0.6 is 0 Å². The molecule has 0 aromatic rings. The van der Waals surface area contributed by atoms with E-state index in [9.17, 15) is 0 Å². The van der Waals surface area contributed by atoms with Crippen LogP contribution < -0.4 is 5.32 Å². The highest BCUT2D eigenvalue weighted by molar-refractivity contribution is 4.82. The van der Waals surface area contributed by atoms with Gasteiger partial charge in [0, 0.05) is 32.2 Å². The summed E-state index contributed by atoms with van der Waals surface area (Å²) in [6, 6.07) is 0.698. The van der Waals surface area contributed by atoms with Crippen molar-refractivity contribution in [1.29, 1.82) is 0 Å². The summed E-state index contributed by atoms with van der Waals surface area (Å²) in [5.41, 5.74) is 0. The largest absolute Gasteiger partial charge is 0.313 e. The topological polar surface area (TPSA) is 15.3 Å². The van der Waals surface area contributed by atoms with Crippen LogP contribution in [0.1, 0.15) is 52.4 Å². The van der Waals surface area contributed by atoms with Crippen LogP contribution in [-0.4, -0.2) is 37.1 Å². The van der Waals surface area contributed by atoms with E-state index in [-0.39, 0.29) is 0 Å². The van der Waals surface area contributed by atoms with E-state index in [0.29, 0.717) is 6.04 Å². The van der Waals surface area contributed by atoms with Gasteiger partial charge in [0.2, 0.25) is 0 Å². The van der Waals surface area contributed by atoms with Crippen LogP contribution in [0.3, 0.4) is 0 Å². The van der Waals surface area contributed by atoms with E-state index in [1.165, 1.54) is 64.7 Å². The Bertz CT molecular complexity index is 195. The Hall–Kier alpha value is -0.0800. The Balaban J connectivity index is 1.57. The molecule has 0 bridgehead atoms. The molecule has 1 N–H and O–H groups in total. The molecular weight excluding hydrogens is 208 g/mol. The van der Waals surface area contributed by atoms with Crippen LogP contribution in [0.5, 0.6) is 0 Å². The number of rotatable bonds is 10. The van der Waals surface area contributed by atoms with Crippen molar-refractivity contribution < 1.29 is 0 Å². The normalized spacial score (nSPS) is 22.1. The molecular formula is C15H30N2. The Labute approximate surface area is 107 Å². The molecule has 0 radical (unpaired) electrons. The molecule has 2 fully saturated rings. The van der Waals surface area contributed by atoms with Crippen molar-refractivity contribution in [3.05, 3.63) is 0 Å². The summed E-state index contributed by atoms with van der Waals surface area (Å²) in [7, 11) is 0. The lowest BCUT2D eigenvalue weighted by Crippen LogP contribution is -2.37. The first-order valence-electron chi connectivity index (χ1n) is 7.73. The summed E-state index contributed by atoms with van der Waals surface area (Å²) in [6.45, 7) is 9.78. The molecule has 2 heteroatoms. The number of hydrogen-bond donors (Lipinski definition) is 1. The SMILES string of the molecule is CCCC(C)NCCN(CC1CC1)CC1CC1. The quantitative estimate of drug-likeness (QED) is 0.629. The first-order valence-corrected chi connectivity index (χ1v) is 7.73. The van der Waals surface area contributed by atoms with Crippen LogP contribution in [0, 0.1) is 11.8 Å². The van der Waals surface area contributed by atoms with E-state index in [1.54, 1.807) is 0 Å². The standard InChI is InChI=1S/C15H30N2/c1-3-4-13(2)16-9-10-17(11-14-5-6-14)12-15-7-8-15/h13-16H,3-12H2,1-2H3. The first-order chi connectivity index (χ1) is 8.28. The highest BCUT2D eigenvalue weighted by Gasteiger charge is 2.28. The van der Waals surface area contributed by atoms with Gasteiger partial charge >= 0.3 is 0 Å². The van der Waals surface area contributed by atoms with Crippen LogP contribution in [0.2, 0.25) is 0 Å². The lowest BCUT2D eigenvalue weighted by atomic mass is 10.2. The zero-order valence-corrected chi connectivity index (χ0v) is 11.8. The van der Waals surface area contributed by atoms with Gasteiger partial charge < -0.3 is 10.2 Å². The predicted molar refractivity (Wildman–Crippen MR) is 74.3 cm³/mol. The van der Waals surface area contributed by atoms with Gasteiger partial charge in [0.05, 0.1) is 0 Å². The van der Waals surface area contributed by atoms with Gasteiger partial charge in [-0.15, -0.1) is 0 Å². The van der Waals surface area contributed by atoms with Crippen molar-refractivity contribution >= 4 is 0 Å². The van der Waals surface area contributed by atoms with Crippen molar-refractivity contribution in [3.63, 3.8) is 0 Å². The lowest BCUT2D eigenvalue weighted by molar-refractivity contribution is 0.248. The second-order valence-corrected chi connectivity index (χ2v) is 6.29. The predicted octanol–water partition coefficient (Wildman–Crippen LogP) is 2.89. The van der Waals surface area contributed by atoms with Gasteiger partial charge in [0.15, 0.2) is 0 Å². The third-order valence-corrected chi connectivity index (χ3v) is 4.07. The number of nitrogens with zero attached hydrogens (tertiary/aromatic N) is 1. The molecule has 2 nitrogen and oxygen atoms in total. The highest BCUT2D eigenvalue weighted by Crippen LogP contribution is 2.33. The van der Waals surface area contributed by atoms with Crippen LogP contribution in [0.15, 0.2) is 0 Å². The van der Waals surface area contributed by atoms with Crippen molar-refractivity contribution in [2.24, 2.45) is 11.8 Å². The molecule has 0 aliphatic heterocycles. The van der Waals surface area contributed by atoms with Crippen LogP contribution in [0.25, 0.3) is 0 Å². The molecule has 1 unspecified atom stereocenters. The van der Waals surface area contributed by atoms with E-state index in [2.05, 4.69) is 24.1 Å². The van der Waals surface area contributed by atoms with E-state index >= 15 is 0 Å². The molecule has 100 valence electrons. The third kappa shape index (κ3) is 5.87. The fourth-order valence-corrected chi connectivity index (χ4v) is 2.59. The zero-order chi connectivity index (χ0) is 12.1. The molecule has 0 aromatic carbocycles. The summed E-state index contributed by atoms with van der Waals surface area (Å²) in [6.07, 6.45) is 8.55. The Morgan fingerprint density at radius 2 is 1.71 bits per heavy atom. The number of hydrogen-bond acceptors (Lipinski definition) is 2. The van der Waals surface area contributed by atoms with E-state index in [0.717, 1.165) is 11.8 Å². The van der Waals surface area contributed by atoms with Gasteiger partial charge in [-0.2, -0.15) is 0 Å². The zero-order valence-electron chi connectivity index (χ0n) is 11.8. The monoisotopic (exact) mass is 238 g/mol. The maximum Gasteiger partial charge on any atom is 0.0107 e. The van der Waals surface area contributed by atoms with Gasteiger partial charge in [0.1, 0.15) is 0 Å². The first kappa shape index (κ1) is 13.4. The second-order valence-electron chi connectivity index (χ2n) is 6.29. The summed E-state index contributed by atoms with van der Waals surface area (Å²) in [5, 5.41) is 3.66. The smallest absolute Gasteiger partial charge is 0.0107 e. The van der Waals surface area contributed by atoms with Crippen LogP contribution in [0.4, 0.5) is 0 Å². The summed E-state index contributed by atoms with van der Waals surface area (Å²) in [4.78, 5) is 2.72. The van der Waals surface area contributed by atoms with Gasteiger partial charge in [-0.3, -0.25) is 0 Å². The summed E-state index contributed by atoms with van der Waals surface area (Å²) < 4.78 is 0. The third-order valence-electron chi connectivity index (χ3n) is 4.07. The maximum atomic E-state index is 3.66. The minimum absolute atomic E-state index is 0.698. The molecule has 0 amide bonds. The summed E-state index contributed by atoms with van der Waals surface area (Å²) >= 11 is 0. The molecule has 1 atom stereocenters. The van der Waals surface area contributed by atoms with E-state index < -0.39 is 0 Å². The average molecular weight is 238 g/mol. The van der Waals surface area contributed by atoms with Gasteiger partial charge in [-0.05, 0) is 50.9 Å². The highest BCUT2D eigenvalue weighted by atomic mass is 15.1. The van der Waals surface area contributed by atoms with E-state index in [4.69, 9.17) is 0 Å². The molecule has 2 rings (SSSR count). The minimum atomic E-state index is 0.698. The molecule has 0 aromatic heterocycles. The van der Waals surface area contributed by atoms with Crippen molar-refractivity contribution in [3.8, 4) is 0 Å². The fraction of sp³-hybridized carbons (Fsp3) is 1.00. The molecule has 2 aliphatic carbocycles. The lowest BCUT2D eigenvalue weighted by Gasteiger charge is -2.23. The minimum Gasteiger partial charge on any atom is -0.313 e. The molecule has 2 aliphatic rings. The van der Waals surface area contributed by atoms with Crippen LogP contribution in [-0.2, 0) is 0 Å². The van der Waals surface area contributed by atoms with Crippen molar-refractivity contribution in [2.75, 3.05) is 26.2 Å². The average Bonchev–Trinajstić information content (AvgIpc) is 3.13. The molecule has 0 spiro atoms. The Morgan fingerprint density at radius 3 is 2.18 bits per heavy atom. The molecule has 0 saturated heterocycles. The van der Waals surface area contributed by atoms with Gasteiger partial charge in [-0.1, -0.05) is 13.3 Å². The molecule has 17 heavy (non-hydrogen) atoms. The van der Waals surface area contributed by atoms with Gasteiger partial charge in [-0.25, -0.2) is 0 Å².